The van der Waals surface area contributed by atoms with Gasteiger partial charge in [-0.25, -0.2) is 9.18 Å². The number of esters is 1. The van der Waals surface area contributed by atoms with Crippen LogP contribution in [0.2, 0.25) is 5.02 Å². The van der Waals surface area contributed by atoms with Crippen LogP contribution in [0.15, 0.2) is 26.6 Å². The summed E-state index contributed by atoms with van der Waals surface area (Å²) >= 11 is 9.96. The Morgan fingerprint density at radius 3 is 2.18 bits per heavy atom. The Balaban J connectivity index is 0.000000421. The van der Waals surface area contributed by atoms with Crippen LogP contribution >= 0.6 is 46.7 Å². The van der Waals surface area contributed by atoms with Crippen molar-refractivity contribution in [1.29, 1.82) is 0 Å². The molecular formula is C28H38BrClF4N7O7PS. The lowest BCUT2D eigenvalue weighted by atomic mass is 9.93. The first kappa shape index (κ1) is 45.0. The first-order chi connectivity index (χ1) is 22.6. The van der Waals surface area contributed by atoms with Gasteiger partial charge >= 0.3 is 18.1 Å². The van der Waals surface area contributed by atoms with Crippen LogP contribution in [-0.4, -0.2) is 77.8 Å². The Labute approximate surface area is 302 Å². The molecule has 2 atom stereocenters. The van der Waals surface area contributed by atoms with Gasteiger partial charge in [0.2, 0.25) is 5.16 Å². The van der Waals surface area contributed by atoms with Crippen molar-refractivity contribution in [3.05, 3.63) is 54.8 Å². The molecule has 2 aromatic heterocycles. The van der Waals surface area contributed by atoms with E-state index in [-0.39, 0.29) is 45.4 Å². The molecule has 2 heterocycles. The van der Waals surface area contributed by atoms with E-state index in [0.717, 1.165) is 23.9 Å². The minimum absolute atomic E-state index is 0.0412. The summed E-state index contributed by atoms with van der Waals surface area (Å²) in [6.45, 7) is 10.1. The number of aryl methyl sites for hydroxylation is 1. The van der Waals surface area contributed by atoms with Crippen LogP contribution in [0, 0.1) is 5.82 Å². The fraction of sp³-hybridized carbons (Fsp3) is 0.500. The molecule has 0 bridgehead atoms. The Morgan fingerprint density at radius 1 is 1.20 bits per heavy atom. The predicted molar refractivity (Wildman–Crippen MR) is 185 cm³/mol. The standard InChI is InChI=1S/C15H12BrClF4N2O2.C8H14N4OS.C5H12NO4P/c1-6(2)25-14(24)7-4-8(10(18)5-9(7)17)12-11(16)13(15(19,20)21)23(3)22-12;1-8(2,3)5-6(13)12(9)7(14-4)11-10-5;1-11(9,10)3-2-4(6)5(7)8/h4-6H,1-3H3;9H2,1-4H3;4H,2-3,6H2,1H3,(H,7,8)(H,9,10). The third kappa shape index (κ3) is 12.9. The second-order valence-electron chi connectivity index (χ2n) is 11.9. The van der Waals surface area contributed by atoms with Crippen LogP contribution in [0.1, 0.15) is 62.8 Å². The molecule has 50 heavy (non-hydrogen) atoms. The molecule has 0 amide bonds. The lowest BCUT2D eigenvalue weighted by Crippen LogP contribution is -2.37. The van der Waals surface area contributed by atoms with E-state index in [0.29, 0.717) is 15.5 Å². The van der Waals surface area contributed by atoms with Crippen molar-refractivity contribution in [1.82, 2.24) is 24.7 Å². The highest BCUT2D eigenvalue weighted by atomic mass is 79.9. The van der Waals surface area contributed by atoms with Gasteiger partial charge in [-0.1, -0.05) is 44.1 Å². The Morgan fingerprint density at radius 2 is 1.76 bits per heavy atom. The number of carboxylic acid groups (broad SMARTS) is 1. The lowest BCUT2D eigenvalue weighted by molar-refractivity contribution is -0.144. The second-order valence-corrected chi connectivity index (χ2v) is 16.4. The maximum absolute atomic E-state index is 14.3. The molecule has 0 spiro atoms. The number of alkyl halides is 3. The second kappa shape index (κ2) is 17.9. The molecule has 3 aromatic rings. The molecule has 22 heteroatoms. The summed E-state index contributed by atoms with van der Waals surface area (Å²) in [6.07, 6.45) is -3.35. The van der Waals surface area contributed by atoms with Crippen LogP contribution in [0.3, 0.4) is 0 Å². The summed E-state index contributed by atoms with van der Waals surface area (Å²) in [5.41, 5.74) is 3.01. The fourth-order valence-electron chi connectivity index (χ4n) is 3.64. The summed E-state index contributed by atoms with van der Waals surface area (Å²) in [4.78, 5) is 42.6. The average Bonchev–Trinajstić information content (AvgIpc) is 3.25. The highest BCUT2D eigenvalue weighted by Gasteiger charge is 2.39. The molecule has 0 radical (unpaired) electrons. The van der Waals surface area contributed by atoms with E-state index < -0.39 is 53.6 Å². The summed E-state index contributed by atoms with van der Waals surface area (Å²) < 4.78 is 70.3. The van der Waals surface area contributed by atoms with E-state index >= 15 is 0 Å². The Bertz CT molecular complexity index is 1800. The molecule has 0 fully saturated rings. The van der Waals surface area contributed by atoms with Gasteiger partial charge in [0.25, 0.3) is 5.56 Å². The molecule has 1 aromatic carbocycles. The summed E-state index contributed by atoms with van der Waals surface area (Å²) in [5.74, 6) is 2.70. The van der Waals surface area contributed by atoms with Crippen molar-refractivity contribution in [3.63, 3.8) is 0 Å². The molecule has 3 rings (SSSR count). The van der Waals surface area contributed by atoms with Crippen molar-refractivity contribution < 1.29 is 46.5 Å². The molecule has 0 aliphatic rings. The van der Waals surface area contributed by atoms with Gasteiger partial charge in [0.15, 0.2) is 13.1 Å². The van der Waals surface area contributed by atoms with Gasteiger partial charge in [0.05, 0.1) is 21.2 Å². The normalized spacial score (nSPS) is 13.4. The Kier molecular flexibility index (Phi) is 16.2. The zero-order valence-corrected chi connectivity index (χ0v) is 32.2. The topological polar surface area (TPSA) is 219 Å². The van der Waals surface area contributed by atoms with Crippen LogP contribution in [0.25, 0.3) is 11.3 Å². The number of carbonyl (C=O) groups excluding carboxylic acids is 1. The first-order valence-electron chi connectivity index (χ1n) is 14.2. The molecule has 0 aliphatic carbocycles. The largest absolute Gasteiger partial charge is 0.480 e. The number of halogens is 6. The van der Waals surface area contributed by atoms with E-state index in [9.17, 15) is 36.5 Å². The number of rotatable bonds is 8. The molecule has 0 aliphatic heterocycles. The van der Waals surface area contributed by atoms with Gasteiger partial charge in [-0.2, -0.15) is 22.9 Å². The number of aromatic nitrogens is 5. The predicted octanol–water partition coefficient (Wildman–Crippen LogP) is 5.29. The Hall–Kier alpha value is -3.03. The molecule has 280 valence electrons. The maximum atomic E-state index is 14.3. The molecular weight excluding hydrogens is 801 g/mol. The van der Waals surface area contributed by atoms with E-state index in [1.165, 1.54) is 18.4 Å². The lowest BCUT2D eigenvalue weighted by Gasteiger charge is -2.16. The molecule has 0 saturated heterocycles. The van der Waals surface area contributed by atoms with Crippen LogP contribution in [0.4, 0.5) is 17.6 Å². The third-order valence-electron chi connectivity index (χ3n) is 6.06. The smallest absolute Gasteiger partial charge is 0.434 e. The zero-order valence-electron chi connectivity index (χ0n) is 28.2. The number of nitrogens with zero attached hydrogens (tertiary/aromatic N) is 5. The number of aliphatic carboxylic acids is 1. The highest BCUT2D eigenvalue weighted by molar-refractivity contribution is 9.10. The van der Waals surface area contributed by atoms with E-state index in [2.05, 4.69) is 31.2 Å². The van der Waals surface area contributed by atoms with Gasteiger partial charge < -0.3 is 26.3 Å². The summed E-state index contributed by atoms with van der Waals surface area (Å²) in [5, 5.41) is 20.0. The van der Waals surface area contributed by atoms with Crippen molar-refractivity contribution in [2.45, 2.75) is 69.9 Å². The fourth-order valence-corrected chi connectivity index (χ4v) is 5.80. The number of carboxylic acids is 1. The van der Waals surface area contributed by atoms with Gasteiger partial charge in [-0.3, -0.25) is 18.8 Å². The van der Waals surface area contributed by atoms with Crippen LogP contribution < -0.4 is 17.1 Å². The van der Waals surface area contributed by atoms with Crippen LogP contribution in [0.5, 0.6) is 0 Å². The first-order valence-corrected chi connectivity index (χ1v) is 18.9. The number of nitrogens with two attached hydrogens (primary N) is 2. The molecule has 6 N–H and O–H groups in total. The molecule has 14 nitrogen and oxygen atoms in total. The number of nitrogen functional groups attached to an aromatic ring is 1. The number of carbonyl (C=O) groups is 2. The van der Waals surface area contributed by atoms with Crippen molar-refractivity contribution in [3.8, 4) is 11.3 Å². The number of hydrogen-bond acceptors (Lipinski definition) is 11. The van der Waals surface area contributed by atoms with E-state index in [1.54, 1.807) is 20.1 Å². The number of thioether (sulfide) groups is 1. The molecule has 0 saturated carbocycles. The van der Waals surface area contributed by atoms with Gasteiger partial charge in [0.1, 0.15) is 23.2 Å². The summed E-state index contributed by atoms with van der Waals surface area (Å²) in [6, 6.07) is 0.827. The number of ether oxygens (including phenoxy) is 1. The van der Waals surface area contributed by atoms with Gasteiger partial charge in [-0.15, -0.1) is 10.2 Å². The quantitative estimate of drug-likeness (QED) is 0.0747. The van der Waals surface area contributed by atoms with Crippen LogP contribution in [-0.2, 0) is 32.7 Å². The summed E-state index contributed by atoms with van der Waals surface area (Å²) in [7, 11) is -2.02. The van der Waals surface area contributed by atoms with E-state index in [1.807, 2.05) is 20.8 Å². The van der Waals surface area contributed by atoms with Gasteiger partial charge in [0, 0.05) is 30.9 Å². The number of hydrogen-bond donors (Lipinski definition) is 4. The van der Waals surface area contributed by atoms with Crippen molar-refractivity contribution in [2.24, 2.45) is 12.8 Å². The third-order valence-corrected chi connectivity index (χ3v) is 8.86. The monoisotopic (exact) mass is 837 g/mol. The SMILES string of the molecule is CC(C)OC(=O)c1cc(-c2nn(C)c(C(F)(F)F)c2Br)c(F)cc1Cl.CP(=O)(O)CCC(N)C(=O)O.CSc1nnc(C(C)(C)C)c(=O)n1N. The average molecular weight is 839 g/mol. The van der Waals surface area contributed by atoms with Crippen molar-refractivity contribution in [2.75, 3.05) is 24.9 Å². The maximum Gasteiger partial charge on any atom is 0.434 e. The highest BCUT2D eigenvalue weighted by Crippen LogP contribution is 2.41. The number of benzene rings is 1. The molecule has 2 unspecified atom stereocenters. The minimum atomic E-state index is -4.69. The van der Waals surface area contributed by atoms with Gasteiger partial charge in [-0.05, 0) is 54.6 Å². The minimum Gasteiger partial charge on any atom is -0.480 e. The van der Waals surface area contributed by atoms with E-state index in [4.69, 9.17) is 37.9 Å². The van der Waals surface area contributed by atoms with Crippen molar-refractivity contribution >= 4 is 58.6 Å². The zero-order chi connectivity index (χ0) is 39.1.